The van der Waals surface area contributed by atoms with Crippen LogP contribution in [0.3, 0.4) is 0 Å². The molecule has 2 heterocycles. The predicted molar refractivity (Wildman–Crippen MR) is 103 cm³/mol. The second kappa shape index (κ2) is 7.78. The number of nitrogen functional groups attached to an aromatic ring is 1. The molecule has 136 valence electrons. The summed E-state index contributed by atoms with van der Waals surface area (Å²) in [4.78, 5) is 13.5. The minimum absolute atomic E-state index is 0.0385. The molecule has 6 nitrogen and oxygen atoms in total. The quantitative estimate of drug-likeness (QED) is 0.616. The highest BCUT2D eigenvalue weighted by Gasteiger charge is 2.30. The molecule has 1 saturated carbocycles. The first kappa shape index (κ1) is 18.3. The van der Waals surface area contributed by atoms with Gasteiger partial charge in [-0.3, -0.25) is 4.79 Å². The van der Waals surface area contributed by atoms with Crippen LogP contribution < -0.4 is 11.2 Å². The second-order valence-electron chi connectivity index (χ2n) is 6.80. The standard InChI is InChI=1S/C17H25N5OS2/c1-10-6-4-7-13(11(10)2)19-16(23)12(3)25-17-21-20-15(22(17)18)14-8-5-9-24-14/h5,8-13H,4,6-7,18H2,1-3H3,(H,19,23)/t10-,11+,12+,13+/m0/s1. The summed E-state index contributed by atoms with van der Waals surface area (Å²) < 4.78 is 1.46. The third-order valence-corrected chi connectivity index (χ3v) is 7.01. The Hall–Kier alpha value is -1.54. The number of rotatable bonds is 5. The topological polar surface area (TPSA) is 85.8 Å². The zero-order valence-corrected chi connectivity index (χ0v) is 16.4. The van der Waals surface area contributed by atoms with Crippen LogP contribution in [0.5, 0.6) is 0 Å². The molecule has 0 spiro atoms. The van der Waals surface area contributed by atoms with Crippen LogP contribution in [0.25, 0.3) is 10.7 Å². The van der Waals surface area contributed by atoms with E-state index in [2.05, 4.69) is 29.4 Å². The van der Waals surface area contributed by atoms with Gasteiger partial charge in [0.05, 0.1) is 10.1 Å². The highest BCUT2D eigenvalue weighted by atomic mass is 32.2. The van der Waals surface area contributed by atoms with E-state index in [1.807, 2.05) is 24.4 Å². The number of nitrogens with zero attached hydrogens (tertiary/aromatic N) is 3. The lowest BCUT2D eigenvalue weighted by molar-refractivity contribution is -0.121. The van der Waals surface area contributed by atoms with Gasteiger partial charge in [-0.2, -0.15) is 0 Å². The Morgan fingerprint density at radius 1 is 1.44 bits per heavy atom. The first-order chi connectivity index (χ1) is 12.0. The van der Waals surface area contributed by atoms with E-state index >= 15 is 0 Å². The molecule has 1 aliphatic rings. The summed E-state index contributed by atoms with van der Waals surface area (Å²) in [5.41, 5.74) is 0. The maximum absolute atomic E-state index is 12.6. The Kier molecular flexibility index (Phi) is 5.68. The number of hydrogen-bond donors (Lipinski definition) is 2. The number of nitrogens with two attached hydrogens (primary N) is 1. The fourth-order valence-corrected chi connectivity index (χ4v) is 4.71. The number of thiophene rings is 1. The molecule has 2 aromatic heterocycles. The van der Waals surface area contributed by atoms with Crippen molar-refractivity contribution in [1.82, 2.24) is 20.2 Å². The van der Waals surface area contributed by atoms with E-state index in [1.54, 1.807) is 11.3 Å². The van der Waals surface area contributed by atoms with Gasteiger partial charge >= 0.3 is 0 Å². The minimum atomic E-state index is -0.271. The monoisotopic (exact) mass is 379 g/mol. The Balaban J connectivity index is 1.62. The molecular formula is C17H25N5OS2. The molecule has 1 fully saturated rings. The van der Waals surface area contributed by atoms with E-state index < -0.39 is 0 Å². The molecule has 3 N–H and O–H groups in total. The van der Waals surface area contributed by atoms with Crippen LogP contribution in [0.2, 0.25) is 0 Å². The molecule has 0 aliphatic heterocycles. The highest BCUT2D eigenvalue weighted by Crippen LogP contribution is 2.31. The smallest absolute Gasteiger partial charge is 0.233 e. The van der Waals surface area contributed by atoms with E-state index in [0.717, 1.165) is 11.3 Å². The summed E-state index contributed by atoms with van der Waals surface area (Å²) in [6.45, 7) is 6.39. The number of aromatic nitrogens is 3. The zero-order chi connectivity index (χ0) is 18.0. The first-order valence-corrected chi connectivity index (χ1v) is 10.4. The average Bonchev–Trinajstić information content (AvgIpc) is 3.22. The molecule has 8 heteroatoms. The SMILES string of the molecule is C[C@@H]1[C@@H](C)CCC[C@H]1NC(=O)[C@@H](C)Sc1nnc(-c2cccs2)n1N. The van der Waals surface area contributed by atoms with Crippen molar-refractivity contribution in [2.24, 2.45) is 11.8 Å². The van der Waals surface area contributed by atoms with E-state index in [1.165, 1.54) is 29.3 Å². The van der Waals surface area contributed by atoms with Gasteiger partial charge in [-0.05, 0) is 36.6 Å². The van der Waals surface area contributed by atoms with Crippen LogP contribution in [0, 0.1) is 11.8 Å². The Labute approximate surface area is 156 Å². The molecule has 1 aliphatic carbocycles. The molecule has 0 unspecified atom stereocenters. The zero-order valence-electron chi connectivity index (χ0n) is 14.8. The summed E-state index contributed by atoms with van der Waals surface area (Å²) in [6, 6.07) is 4.16. The lowest BCUT2D eigenvalue weighted by Gasteiger charge is -2.35. The third-order valence-electron chi connectivity index (χ3n) is 5.09. The summed E-state index contributed by atoms with van der Waals surface area (Å²) >= 11 is 2.90. The fourth-order valence-electron chi connectivity index (χ4n) is 3.23. The van der Waals surface area contributed by atoms with Gasteiger partial charge in [0.15, 0.2) is 5.82 Å². The minimum Gasteiger partial charge on any atom is -0.352 e. The van der Waals surface area contributed by atoms with Gasteiger partial charge in [0, 0.05) is 6.04 Å². The van der Waals surface area contributed by atoms with E-state index in [-0.39, 0.29) is 17.2 Å². The molecule has 0 aromatic carbocycles. The fraction of sp³-hybridized carbons (Fsp3) is 0.588. The lowest BCUT2D eigenvalue weighted by atomic mass is 9.78. The molecular weight excluding hydrogens is 354 g/mol. The third kappa shape index (κ3) is 4.00. The van der Waals surface area contributed by atoms with Crippen molar-refractivity contribution in [3.8, 4) is 10.7 Å². The molecule has 4 atom stereocenters. The number of hydrogen-bond acceptors (Lipinski definition) is 6. The number of thioether (sulfide) groups is 1. The van der Waals surface area contributed by atoms with Crippen molar-refractivity contribution in [2.75, 3.05) is 5.84 Å². The molecule has 25 heavy (non-hydrogen) atoms. The summed E-state index contributed by atoms with van der Waals surface area (Å²) in [7, 11) is 0. The van der Waals surface area contributed by atoms with Crippen molar-refractivity contribution in [1.29, 1.82) is 0 Å². The lowest BCUT2D eigenvalue weighted by Crippen LogP contribution is -2.46. The molecule has 1 amide bonds. The maximum Gasteiger partial charge on any atom is 0.233 e. The van der Waals surface area contributed by atoms with E-state index in [9.17, 15) is 4.79 Å². The molecule has 0 radical (unpaired) electrons. The van der Waals surface area contributed by atoms with Crippen LogP contribution >= 0.6 is 23.1 Å². The van der Waals surface area contributed by atoms with Crippen LogP contribution in [0.15, 0.2) is 22.7 Å². The number of amides is 1. The number of carbonyl (C=O) groups is 1. The normalized spacial score (nSPS) is 24.8. The van der Waals surface area contributed by atoms with Crippen molar-refractivity contribution >= 4 is 29.0 Å². The van der Waals surface area contributed by atoms with Crippen molar-refractivity contribution in [2.45, 2.75) is 56.5 Å². The number of nitrogens with one attached hydrogen (secondary N) is 1. The van der Waals surface area contributed by atoms with Gasteiger partial charge in [0.2, 0.25) is 11.1 Å². The van der Waals surface area contributed by atoms with Crippen LogP contribution in [0.4, 0.5) is 0 Å². The van der Waals surface area contributed by atoms with Gasteiger partial charge < -0.3 is 11.2 Å². The van der Waals surface area contributed by atoms with Gasteiger partial charge in [-0.25, -0.2) is 4.68 Å². The average molecular weight is 380 g/mol. The summed E-state index contributed by atoms with van der Waals surface area (Å²) in [6.07, 6.45) is 3.49. The summed E-state index contributed by atoms with van der Waals surface area (Å²) in [5, 5.41) is 13.8. The van der Waals surface area contributed by atoms with Crippen molar-refractivity contribution in [3.63, 3.8) is 0 Å². The first-order valence-electron chi connectivity index (χ1n) is 8.68. The van der Waals surface area contributed by atoms with Crippen LogP contribution in [-0.2, 0) is 4.79 Å². The Morgan fingerprint density at radius 3 is 2.96 bits per heavy atom. The van der Waals surface area contributed by atoms with Gasteiger partial charge in [-0.15, -0.1) is 21.5 Å². The highest BCUT2D eigenvalue weighted by molar-refractivity contribution is 8.00. The van der Waals surface area contributed by atoms with Crippen molar-refractivity contribution in [3.05, 3.63) is 17.5 Å². The molecule has 0 bridgehead atoms. The molecule has 2 aromatic rings. The second-order valence-corrected chi connectivity index (χ2v) is 9.05. The van der Waals surface area contributed by atoms with Gasteiger partial charge in [0.25, 0.3) is 0 Å². The largest absolute Gasteiger partial charge is 0.352 e. The van der Waals surface area contributed by atoms with Gasteiger partial charge in [-0.1, -0.05) is 44.5 Å². The van der Waals surface area contributed by atoms with Crippen LogP contribution in [-0.4, -0.2) is 32.1 Å². The predicted octanol–water partition coefficient (Wildman–Crippen LogP) is 3.14. The Morgan fingerprint density at radius 2 is 2.24 bits per heavy atom. The molecule has 0 saturated heterocycles. The van der Waals surface area contributed by atoms with Crippen molar-refractivity contribution < 1.29 is 4.79 Å². The van der Waals surface area contributed by atoms with Crippen LogP contribution in [0.1, 0.15) is 40.0 Å². The van der Waals surface area contributed by atoms with E-state index in [0.29, 0.717) is 22.8 Å². The van der Waals surface area contributed by atoms with E-state index in [4.69, 9.17) is 5.84 Å². The molecule has 3 rings (SSSR count). The summed E-state index contributed by atoms with van der Waals surface area (Å²) in [5.74, 6) is 7.94. The number of carbonyl (C=O) groups excluding carboxylic acids is 1. The Bertz CT molecular complexity index is 715. The maximum atomic E-state index is 12.6. The van der Waals surface area contributed by atoms with Gasteiger partial charge in [0.1, 0.15) is 0 Å².